The van der Waals surface area contributed by atoms with Crippen LogP contribution in [-0.2, 0) is 0 Å². The van der Waals surface area contributed by atoms with Crippen LogP contribution in [0.4, 0.5) is 0 Å². The first-order chi connectivity index (χ1) is 18.7. The van der Waals surface area contributed by atoms with Crippen molar-refractivity contribution in [2.24, 2.45) is 0 Å². The molecule has 5 N–H and O–H groups in total. The van der Waals surface area contributed by atoms with Gasteiger partial charge in [0.15, 0.2) is 0 Å². The van der Waals surface area contributed by atoms with Crippen LogP contribution in [0.1, 0.15) is 193 Å². The standard InChI is InChI=1S/3C10H20.2CH4O.H3O3P/c3*1-2-4-6-8-10-9-7-5-3-1;2*1-2;1-4(2)3/h3*1-10H2;2*2H,1H3;1-3H. The van der Waals surface area contributed by atoms with Crippen molar-refractivity contribution in [3.05, 3.63) is 0 Å². The Bertz CT molecular complexity index is 209. The Kier molecular flexibility index (Phi) is 49.7. The van der Waals surface area contributed by atoms with Gasteiger partial charge in [-0.05, 0) is 0 Å². The van der Waals surface area contributed by atoms with Crippen LogP contribution in [0.2, 0.25) is 0 Å². The zero-order valence-corrected chi connectivity index (χ0v) is 26.8. The summed E-state index contributed by atoms with van der Waals surface area (Å²) < 4.78 is 0. The van der Waals surface area contributed by atoms with Gasteiger partial charge in [-0.15, -0.1) is 0 Å². The smallest absolute Gasteiger partial charge is 0.324 e. The highest BCUT2D eigenvalue weighted by Crippen LogP contribution is 2.17. The molecular weight excluding hydrogens is 495 g/mol. The summed E-state index contributed by atoms with van der Waals surface area (Å²) in [6.07, 6.45) is 45.0. The summed E-state index contributed by atoms with van der Waals surface area (Å²) in [5.74, 6) is 0. The van der Waals surface area contributed by atoms with Gasteiger partial charge in [0.05, 0.1) is 0 Å². The molecule has 0 spiro atoms. The van der Waals surface area contributed by atoms with Crippen LogP contribution < -0.4 is 0 Å². The van der Waals surface area contributed by atoms with E-state index in [0.717, 1.165) is 14.2 Å². The van der Waals surface area contributed by atoms with Crippen molar-refractivity contribution in [2.45, 2.75) is 193 Å². The Morgan fingerprint density at radius 2 is 0.237 bits per heavy atom. The van der Waals surface area contributed by atoms with Crippen molar-refractivity contribution in [3.63, 3.8) is 0 Å². The third-order valence-corrected chi connectivity index (χ3v) is 7.50. The third kappa shape index (κ3) is 49.2. The van der Waals surface area contributed by atoms with Crippen LogP contribution in [0.3, 0.4) is 0 Å². The Morgan fingerprint density at radius 3 is 0.263 bits per heavy atom. The fourth-order valence-corrected chi connectivity index (χ4v) is 5.30. The van der Waals surface area contributed by atoms with E-state index in [0.29, 0.717) is 0 Å². The van der Waals surface area contributed by atoms with E-state index in [9.17, 15) is 0 Å². The minimum Gasteiger partial charge on any atom is -0.400 e. The summed E-state index contributed by atoms with van der Waals surface area (Å²) in [7, 11) is -0.620. The van der Waals surface area contributed by atoms with Crippen molar-refractivity contribution in [1.29, 1.82) is 0 Å². The maximum Gasteiger partial charge on any atom is 0.324 e. The van der Waals surface area contributed by atoms with Gasteiger partial charge >= 0.3 is 8.60 Å². The summed E-state index contributed by atoms with van der Waals surface area (Å²) in [6.45, 7) is 0. The van der Waals surface area contributed by atoms with Gasteiger partial charge < -0.3 is 24.9 Å². The normalized spacial score (nSPS) is 20.2. The molecule has 3 saturated carbocycles. The maximum atomic E-state index is 7.23. The van der Waals surface area contributed by atoms with Crippen LogP contribution >= 0.6 is 8.60 Å². The van der Waals surface area contributed by atoms with Gasteiger partial charge in [0, 0.05) is 14.2 Å². The van der Waals surface area contributed by atoms with Gasteiger partial charge in [0.2, 0.25) is 0 Å². The highest BCUT2D eigenvalue weighted by Gasteiger charge is 1.97. The maximum absolute atomic E-state index is 7.23. The number of rotatable bonds is 0. The van der Waals surface area contributed by atoms with Crippen LogP contribution in [0.5, 0.6) is 0 Å². The predicted molar refractivity (Wildman–Crippen MR) is 168 cm³/mol. The average Bonchev–Trinajstić information content (AvgIpc) is 2.96. The zero-order chi connectivity index (χ0) is 28.8. The zero-order valence-electron chi connectivity index (χ0n) is 25.9. The summed E-state index contributed by atoms with van der Waals surface area (Å²) in [5, 5.41) is 14.0. The Balaban J connectivity index is -0.000000425. The van der Waals surface area contributed by atoms with Gasteiger partial charge in [-0.25, -0.2) is 0 Å². The number of aliphatic hydroxyl groups is 2. The molecule has 0 aromatic heterocycles. The molecule has 0 bridgehead atoms. The molecule has 38 heavy (non-hydrogen) atoms. The van der Waals surface area contributed by atoms with Crippen LogP contribution in [-0.4, -0.2) is 39.1 Å². The minimum absolute atomic E-state index is 1.00. The van der Waals surface area contributed by atoms with Crippen molar-refractivity contribution in [3.8, 4) is 0 Å². The van der Waals surface area contributed by atoms with Gasteiger partial charge in [0.25, 0.3) is 0 Å². The molecule has 5 nitrogen and oxygen atoms in total. The quantitative estimate of drug-likeness (QED) is 0.188. The van der Waals surface area contributed by atoms with Crippen molar-refractivity contribution in [1.82, 2.24) is 0 Å². The molecule has 3 aliphatic carbocycles. The summed E-state index contributed by atoms with van der Waals surface area (Å²) in [4.78, 5) is 21.7. The second kappa shape index (κ2) is 44.3. The van der Waals surface area contributed by atoms with E-state index in [1.54, 1.807) is 0 Å². The van der Waals surface area contributed by atoms with Gasteiger partial charge in [-0.2, -0.15) is 0 Å². The lowest BCUT2D eigenvalue weighted by Gasteiger charge is -2.05. The number of hydrogen-bond acceptors (Lipinski definition) is 5. The van der Waals surface area contributed by atoms with Crippen molar-refractivity contribution < 1.29 is 24.9 Å². The monoisotopic (exact) mass is 567 g/mol. The lowest BCUT2D eigenvalue weighted by Crippen LogP contribution is -1.85. The highest BCUT2D eigenvalue weighted by molar-refractivity contribution is 7.38. The molecule has 234 valence electrons. The first-order valence-corrected chi connectivity index (χ1v) is 17.7. The lowest BCUT2D eigenvalue weighted by atomic mass is 10.0. The van der Waals surface area contributed by atoms with Gasteiger partial charge in [-0.3, -0.25) is 0 Å². The fourth-order valence-electron chi connectivity index (χ4n) is 5.30. The first-order valence-electron chi connectivity index (χ1n) is 16.5. The molecule has 0 amide bonds. The number of hydrogen-bond donors (Lipinski definition) is 5. The molecule has 0 heterocycles. The topological polar surface area (TPSA) is 101 Å². The molecule has 0 aromatic carbocycles. The van der Waals surface area contributed by atoms with Crippen molar-refractivity contribution in [2.75, 3.05) is 14.2 Å². The molecular formula is C32H71O5P. The predicted octanol–water partition coefficient (Wildman–Crippen LogP) is 10.1. The van der Waals surface area contributed by atoms with E-state index in [-0.39, 0.29) is 0 Å². The van der Waals surface area contributed by atoms with E-state index in [4.69, 9.17) is 24.9 Å². The molecule has 0 unspecified atom stereocenters. The summed E-state index contributed by atoms with van der Waals surface area (Å²) >= 11 is 0. The van der Waals surface area contributed by atoms with Gasteiger partial charge in [0.1, 0.15) is 0 Å². The van der Waals surface area contributed by atoms with Crippen LogP contribution in [0, 0.1) is 0 Å². The second-order valence-electron chi connectivity index (χ2n) is 10.9. The average molecular weight is 567 g/mol. The molecule has 0 saturated heterocycles. The fraction of sp³-hybridized carbons (Fsp3) is 1.00. The number of aliphatic hydroxyl groups excluding tert-OH is 2. The highest BCUT2D eigenvalue weighted by atomic mass is 31.2. The molecule has 0 aromatic rings. The molecule has 0 atom stereocenters. The first kappa shape index (κ1) is 42.7. The molecule has 0 radical (unpaired) electrons. The largest absolute Gasteiger partial charge is 0.400 e. The van der Waals surface area contributed by atoms with Crippen molar-refractivity contribution >= 4 is 8.60 Å². The molecule has 6 heteroatoms. The van der Waals surface area contributed by atoms with Gasteiger partial charge in [-0.1, -0.05) is 193 Å². The third-order valence-electron chi connectivity index (χ3n) is 7.50. The molecule has 3 aliphatic rings. The van der Waals surface area contributed by atoms with Crippen LogP contribution in [0.15, 0.2) is 0 Å². The Morgan fingerprint density at radius 1 is 0.211 bits per heavy atom. The Labute approximate surface area is 240 Å². The Hall–Kier alpha value is 0.230. The van der Waals surface area contributed by atoms with E-state index in [2.05, 4.69) is 0 Å². The summed E-state index contributed by atoms with van der Waals surface area (Å²) in [5.41, 5.74) is 0. The lowest BCUT2D eigenvalue weighted by molar-refractivity contribution is 0.368. The molecule has 3 fully saturated rings. The molecule has 0 aliphatic heterocycles. The van der Waals surface area contributed by atoms with E-state index in [1.165, 1.54) is 193 Å². The SMILES string of the molecule is C1CCCCCCCCC1.C1CCCCCCCCC1.C1CCCCCCCCC1.CO.CO.OP(O)O. The minimum atomic E-state index is -2.62. The van der Waals surface area contributed by atoms with E-state index in [1.807, 2.05) is 0 Å². The second-order valence-corrected chi connectivity index (χ2v) is 11.4. The van der Waals surface area contributed by atoms with Crippen LogP contribution in [0.25, 0.3) is 0 Å². The van der Waals surface area contributed by atoms with E-state index < -0.39 is 8.60 Å². The van der Waals surface area contributed by atoms with E-state index >= 15 is 0 Å². The summed E-state index contributed by atoms with van der Waals surface area (Å²) in [6, 6.07) is 0. The molecule has 3 rings (SSSR count).